The number of rotatable bonds is 0. The first kappa shape index (κ1) is 14.2. The standard InChI is InChI=1S/C20H18O3/c1-10-4-6-13-11(2)20(3)17(9-15(10)13)18(22)14-7-5-12(21)8-16(14)19(20)23/h5,7-9,21H,4,6H2,1-3H3. The van der Waals surface area contributed by atoms with Crippen molar-refractivity contribution in [3.8, 4) is 5.75 Å². The van der Waals surface area contributed by atoms with Crippen molar-refractivity contribution in [2.45, 2.75) is 33.6 Å². The van der Waals surface area contributed by atoms with Crippen molar-refractivity contribution in [3.63, 3.8) is 0 Å². The Balaban J connectivity index is 2.05. The zero-order valence-electron chi connectivity index (χ0n) is 13.5. The Morgan fingerprint density at radius 1 is 1.09 bits per heavy atom. The molecule has 3 heteroatoms. The van der Waals surface area contributed by atoms with Crippen LogP contribution in [-0.2, 0) is 0 Å². The highest BCUT2D eigenvalue weighted by Crippen LogP contribution is 2.53. The lowest BCUT2D eigenvalue weighted by Crippen LogP contribution is -2.42. The van der Waals surface area contributed by atoms with Crippen LogP contribution in [0.15, 0.2) is 52.1 Å². The number of ketones is 2. The minimum atomic E-state index is -0.915. The number of Topliss-reactive ketones (excluding diaryl/α,β-unsaturated/α-hetero) is 2. The fourth-order valence-electron chi connectivity index (χ4n) is 4.15. The quantitative estimate of drug-likeness (QED) is 0.783. The lowest BCUT2D eigenvalue weighted by Gasteiger charge is -2.40. The van der Waals surface area contributed by atoms with Gasteiger partial charge in [-0.2, -0.15) is 0 Å². The third kappa shape index (κ3) is 1.60. The molecule has 0 amide bonds. The summed E-state index contributed by atoms with van der Waals surface area (Å²) in [6.07, 6.45) is 3.85. The first-order chi connectivity index (χ1) is 10.9. The molecule has 0 bridgehead atoms. The van der Waals surface area contributed by atoms with Gasteiger partial charge in [0, 0.05) is 16.7 Å². The highest BCUT2D eigenvalue weighted by Gasteiger charge is 2.50. The van der Waals surface area contributed by atoms with E-state index in [2.05, 4.69) is 6.92 Å². The molecule has 116 valence electrons. The van der Waals surface area contributed by atoms with Gasteiger partial charge in [-0.1, -0.05) is 11.1 Å². The predicted molar refractivity (Wildman–Crippen MR) is 87.6 cm³/mol. The molecule has 1 N–H and O–H groups in total. The van der Waals surface area contributed by atoms with Crippen molar-refractivity contribution in [2.24, 2.45) is 5.41 Å². The summed E-state index contributed by atoms with van der Waals surface area (Å²) in [5.41, 5.74) is 4.98. The summed E-state index contributed by atoms with van der Waals surface area (Å²) >= 11 is 0. The van der Waals surface area contributed by atoms with E-state index >= 15 is 0 Å². The van der Waals surface area contributed by atoms with Gasteiger partial charge in [-0.15, -0.1) is 0 Å². The molecule has 0 radical (unpaired) electrons. The van der Waals surface area contributed by atoms with Gasteiger partial charge in [-0.25, -0.2) is 0 Å². The third-order valence-corrected chi connectivity index (χ3v) is 5.76. The lowest BCUT2D eigenvalue weighted by atomic mass is 9.60. The second-order valence-electron chi connectivity index (χ2n) is 6.87. The van der Waals surface area contributed by atoms with E-state index < -0.39 is 5.41 Å². The number of carbonyl (C=O) groups is 2. The van der Waals surface area contributed by atoms with Crippen LogP contribution in [0.2, 0.25) is 0 Å². The van der Waals surface area contributed by atoms with E-state index in [1.807, 2.05) is 19.9 Å². The second-order valence-corrected chi connectivity index (χ2v) is 6.87. The van der Waals surface area contributed by atoms with E-state index in [1.165, 1.54) is 23.3 Å². The smallest absolute Gasteiger partial charge is 0.191 e. The zero-order chi connectivity index (χ0) is 16.5. The molecule has 23 heavy (non-hydrogen) atoms. The zero-order valence-corrected chi connectivity index (χ0v) is 13.5. The van der Waals surface area contributed by atoms with Crippen LogP contribution in [0, 0.1) is 5.41 Å². The van der Waals surface area contributed by atoms with Crippen molar-refractivity contribution in [1.29, 1.82) is 0 Å². The van der Waals surface area contributed by atoms with Gasteiger partial charge in [-0.05, 0) is 69.0 Å². The minimum absolute atomic E-state index is 0.0133. The summed E-state index contributed by atoms with van der Waals surface area (Å²) < 4.78 is 0. The number of hydrogen-bond acceptors (Lipinski definition) is 3. The van der Waals surface area contributed by atoms with E-state index in [9.17, 15) is 14.7 Å². The monoisotopic (exact) mass is 306 g/mol. The summed E-state index contributed by atoms with van der Waals surface area (Å²) in [7, 11) is 0. The van der Waals surface area contributed by atoms with E-state index in [1.54, 1.807) is 6.07 Å². The molecular weight excluding hydrogens is 288 g/mol. The Hall–Kier alpha value is -2.42. The van der Waals surface area contributed by atoms with Gasteiger partial charge in [0.05, 0.1) is 5.41 Å². The highest BCUT2D eigenvalue weighted by atomic mass is 16.3. The summed E-state index contributed by atoms with van der Waals surface area (Å²) in [4.78, 5) is 26.2. The summed E-state index contributed by atoms with van der Waals surface area (Å²) in [6, 6.07) is 4.43. The van der Waals surface area contributed by atoms with Gasteiger partial charge in [0.2, 0.25) is 0 Å². The first-order valence-corrected chi connectivity index (χ1v) is 7.90. The topological polar surface area (TPSA) is 54.4 Å². The molecular formula is C20H18O3. The number of allylic oxidation sites excluding steroid dienone is 6. The van der Waals surface area contributed by atoms with Crippen LogP contribution in [0.5, 0.6) is 5.75 Å². The van der Waals surface area contributed by atoms with Crippen LogP contribution >= 0.6 is 0 Å². The summed E-state index contributed by atoms with van der Waals surface area (Å²) in [5.74, 6) is -0.185. The lowest BCUT2D eigenvalue weighted by molar-refractivity contribution is 0.0830. The number of aromatic hydroxyl groups is 1. The number of benzene rings is 1. The Kier molecular flexibility index (Phi) is 2.66. The van der Waals surface area contributed by atoms with Crippen molar-refractivity contribution in [3.05, 3.63) is 63.3 Å². The number of hydrogen-bond donors (Lipinski definition) is 1. The Morgan fingerprint density at radius 3 is 2.57 bits per heavy atom. The Labute approximate surface area is 135 Å². The molecule has 3 nitrogen and oxygen atoms in total. The van der Waals surface area contributed by atoms with Gasteiger partial charge in [-0.3, -0.25) is 9.59 Å². The maximum atomic E-state index is 13.2. The van der Waals surface area contributed by atoms with Crippen LogP contribution < -0.4 is 0 Å². The second kappa shape index (κ2) is 4.31. The Morgan fingerprint density at radius 2 is 1.83 bits per heavy atom. The van der Waals surface area contributed by atoms with Crippen molar-refractivity contribution in [2.75, 3.05) is 0 Å². The van der Waals surface area contributed by atoms with E-state index in [0.29, 0.717) is 16.7 Å². The molecule has 0 spiro atoms. The van der Waals surface area contributed by atoms with Crippen molar-refractivity contribution in [1.82, 2.24) is 0 Å². The first-order valence-electron chi connectivity index (χ1n) is 7.90. The molecule has 1 unspecified atom stereocenters. The number of phenolic OH excluding ortho intramolecular Hbond substituents is 1. The number of phenols is 1. The molecule has 1 atom stereocenters. The van der Waals surface area contributed by atoms with Crippen LogP contribution in [0.4, 0.5) is 0 Å². The van der Waals surface area contributed by atoms with Gasteiger partial charge in [0.25, 0.3) is 0 Å². The fraction of sp³-hybridized carbons (Fsp3) is 0.300. The SMILES string of the molecule is CC1=C2C=C3C(=O)c4ccc(O)cc4C(=O)C3(C)C(C)=C2CC1. The number of carbonyl (C=O) groups excluding carboxylic acids is 2. The molecule has 3 aliphatic carbocycles. The molecule has 0 fully saturated rings. The van der Waals surface area contributed by atoms with E-state index in [4.69, 9.17) is 0 Å². The van der Waals surface area contributed by atoms with Crippen molar-refractivity contribution < 1.29 is 14.7 Å². The predicted octanol–water partition coefficient (Wildman–Crippen LogP) is 4.14. The molecule has 0 aromatic heterocycles. The largest absolute Gasteiger partial charge is 0.508 e. The van der Waals surface area contributed by atoms with E-state index in [-0.39, 0.29) is 17.3 Å². The van der Waals surface area contributed by atoms with Gasteiger partial charge < -0.3 is 5.11 Å². The van der Waals surface area contributed by atoms with Crippen molar-refractivity contribution >= 4 is 11.6 Å². The Bertz CT molecular complexity index is 895. The van der Waals surface area contributed by atoms with Crippen LogP contribution in [0.3, 0.4) is 0 Å². The van der Waals surface area contributed by atoms with Crippen LogP contribution in [0.25, 0.3) is 0 Å². The normalized spacial score (nSPS) is 26.1. The molecule has 0 aliphatic heterocycles. The molecule has 0 saturated heterocycles. The maximum Gasteiger partial charge on any atom is 0.191 e. The van der Waals surface area contributed by atoms with Crippen LogP contribution in [0.1, 0.15) is 54.3 Å². The minimum Gasteiger partial charge on any atom is -0.508 e. The summed E-state index contributed by atoms with van der Waals surface area (Å²) in [6.45, 7) is 5.91. The molecule has 0 saturated carbocycles. The van der Waals surface area contributed by atoms with Crippen LogP contribution in [-0.4, -0.2) is 16.7 Å². The highest BCUT2D eigenvalue weighted by molar-refractivity contribution is 6.26. The molecule has 3 aliphatic rings. The average Bonchev–Trinajstić information content (AvgIpc) is 2.89. The summed E-state index contributed by atoms with van der Waals surface area (Å²) in [5, 5.41) is 9.73. The molecule has 1 aromatic rings. The fourth-order valence-corrected chi connectivity index (χ4v) is 4.15. The number of fused-ring (bicyclic) bond motifs is 3. The van der Waals surface area contributed by atoms with E-state index in [0.717, 1.165) is 24.0 Å². The average molecular weight is 306 g/mol. The third-order valence-electron chi connectivity index (χ3n) is 5.76. The molecule has 0 heterocycles. The van der Waals surface area contributed by atoms with Gasteiger partial charge >= 0.3 is 0 Å². The maximum absolute atomic E-state index is 13.2. The van der Waals surface area contributed by atoms with Gasteiger partial charge in [0.15, 0.2) is 11.6 Å². The molecule has 1 aromatic carbocycles. The van der Waals surface area contributed by atoms with Gasteiger partial charge in [0.1, 0.15) is 5.75 Å². The molecule has 4 rings (SSSR count).